The Bertz CT molecular complexity index is 507. The van der Waals surface area contributed by atoms with Gasteiger partial charge in [0.25, 0.3) is 0 Å². The molecule has 0 radical (unpaired) electrons. The fourth-order valence-electron chi connectivity index (χ4n) is 1.65. The lowest BCUT2D eigenvalue weighted by atomic mass is 10.3. The zero-order valence-electron chi connectivity index (χ0n) is 11.8. The van der Waals surface area contributed by atoms with Crippen molar-refractivity contribution in [3.05, 3.63) is 16.3 Å². The van der Waals surface area contributed by atoms with Crippen LogP contribution in [0.3, 0.4) is 0 Å². The molecule has 0 saturated carbocycles. The Hall–Kier alpha value is -2.13. The molecule has 1 heterocycles. The summed E-state index contributed by atoms with van der Waals surface area (Å²) in [5.41, 5.74) is -0.561. The van der Waals surface area contributed by atoms with Crippen molar-refractivity contribution in [1.29, 1.82) is 0 Å². The van der Waals surface area contributed by atoms with Crippen molar-refractivity contribution in [2.75, 3.05) is 23.3 Å². The van der Waals surface area contributed by atoms with Gasteiger partial charge in [-0.05, 0) is 20.8 Å². The second kappa shape index (κ2) is 6.55. The fourth-order valence-corrected chi connectivity index (χ4v) is 1.65. The maximum absolute atomic E-state index is 12.7. The van der Waals surface area contributed by atoms with Gasteiger partial charge in [-0.2, -0.15) is 18.2 Å². The minimum absolute atomic E-state index is 0.0472. The van der Waals surface area contributed by atoms with Gasteiger partial charge in [-0.15, -0.1) is 0 Å². The standard InChI is InChI=1S/C11H16F3N5O2/c1-4-15-10-16-5-8(19(20)21)9(17-10)18(7(2)3)6-11(12,13)14/h5,7H,4,6H2,1-3H3,(H,15,16,17). The van der Waals surface area contributed by atoms with Crippen molar-refractivity contribution < 1.29 is 18.1 Å². The van der Waals surface area contributed by atoms with Crippen LogP contribution in [0, 0.1) is 10.1 Å². The van der Waals surface area contributed by atoms with E-state index in [1.54, 1.807) is 6.92 Å². The number of nitrogens with one attached hydrogen (secondary N) is 1. The summed E-state index contributed by atoms with van der Waals surface area (Å²) >= 11 is 0. The molecule has 1 aromatic heterocycles. The van der Waals surface area contributed by atoms with Crippen molar-refractivity contribution >= 4 is 17.5 Å². The number of nitro groups is 1. The Morgan fingerprint density at radius 1 is 1.48 bits per heavy atom. The zero-order chi connectivity index (χ0) is 16.2. The average Bonchev–Trinajstić information content (AvgIpc) is 2.34. The van der Waals surface area contributed by atoms with Gasteiger partial charge in [0, 0.05) is 12.6 Å². The normalized spacial score (nSPS) is 11.6. The quantitative estimate of drug-likeness (QED) is 0.642. The summed E-state index contributed by atoms with van der Waals surface area (Å²) in [5, 5.41) is 13.7. The molecule has 0 atom stereocenters. The Morgan fingerprint density at radius 3 is 2.52 bits per heavy atom. The van der Waals surface area contributed by atoms with E-state index in [2.05, 4.69) is 15.3 Å². The maximum atomic E-state index is 12.7. The average molecular weight is 307 g/mol. The Labute approximate surface area is 119 Å². The minimum Gasteiger partial charge on any atom is -0.354 e. The van der Waals surface area contributed by atoms with E-state index >= 15 is 0 Å². The van der Waals surface area contributed by atoms with Gasteiger partial charge >= 0.3 is 11.9 Å². The van der Waals surface area contributed by atoms with Crippen LogP contribution in [0.15, 0.2) is 6.20 Å². The van der Waals surface area contributed by atoms with Crippen molar-refractivity contribution in [3.8, 4) is 0 Å². The lowest BCUT2D eigenvalue weighted by Gasteiger charge is -2.28. The van der Waals surface area contributed by atoms with E-state index in [0.29, 0.717) is 6.54 Å². The highest BCUT2D eigenvalue weighted by molar-refractivity contribution is 5.59. The van der Waals surface area contributed by atoms with Crippen LogP contribution in [-0.2, 0) is 0 Å². The fraction of sp³-hybridized carbons (Fsp3) is 0.636. The highest BCUT2D eigenvalue weighted by atomic mass is 19.4. The first-order valence-electron chi connectivity index (χ1n) is 6.24. The summed E-state index contributed by atoms with van der Waals surface area (Å²) in [7, 11) is 0. The van der Waals surface area contributed by atoms with Crippen molar-refractivity contribution in [3.63, 3.8) is 0 Å². The molecule has 118 valence electrons. The second-order valence-electron chi connectivity index (χ2n) is 4.53. The molecule has 0 amide bonds. The molecule has 1 aromatic rings. The topological polar surface area (TPSA) is 84.2 Å². The summed E-state index contributed by atoms with van der Waals surface area (Å²) in [6.07, 6.45) is -3.59. The van der Waals surface area contributed by atoms with Crippen LogP contribution in [-0.4, -0.2) is 40.2 Å². The first-order valence-corrected chi connectivity index (χ1v) is 6.24. The molecule has 0 spiro atoms. The number of rotatable bonds is 6. The largest absolute Gasteiger partial charge is 0.405 e. The van der Waals surface area contributed by atoms with E-state index in [1.807, 2.05) is 0 Å². The molecule has 21 heavy (non-hydrogen) atoms. The molecule has 0 aliphatic heterocycles. The van der Waals surface area contributed by atoms with E-state index < -0.39 is 29.4 Å². The molecular formula is C11H16F3N5O2. The summed E-state index contributed by atoms with van der Waals surface area (Å²) < 4.78 is 38.0. The third-order valence-electron chi connectivity index (χ3n) is 2.53. The molecule has 0 fully saturated rings. The van der Waals surface area contributed by atoms with Gasteiger partial charge in [0.15, 0.2) is 0 Å². The molecule has 10 heteroatoms. The SMILES string of the molecule is CCNc1ncc([N+](=O)[O-])c(N(CC(F)(F)F)C(C)C)n1. The monoisotopic (exact) mass is 307 g/mol. The summed E-state index contributed by atoms with van der Waals surface area (Å²) in [4.78, 5) is 18.6. The molecule has 0 unspecified atom stereocenters. The van der Waals surface area contributed by atoms with Crippen molar-refractivity contribution in [2.24, 2.45) is 0 Å². The maximum Gasteiger partial charge on any atom is 0.405 e. The lowest BCUT2D eigenvalue weighted by molar-refractivity contribution is -0.384. The van der Waals surface area contributed by atoms with Crippen molar-refractivity contribution in [2.45, 2.75) is 33.0 Å². The molecule has 0 aromatic carbocycles. The molecule has 1 rings (SSSR count). The highest BCUT2D eigenvalue weighted by Crippen LogP contribution is 2.30. The third-order valence-corrected chi connectivity index (χ3v) is 2.53. The zero-order valence-corrected chi connectivity index (χ0v) is 11.8. The third kappa shape index (κ3) is 4.72. The van der Waals surface area contributed by atoms with E-state index in [9.17, 15) is 23.3 Å². The van der Waals surface area contributed by atoms with Crippen molar-refractivity contribution in [1.82, 2.24) is 9.97 Å². The summed E-state index contributed by atoms with van der Waals surface area (Å²) in [5.74, 6) is -0.302. The van der Waals surface area contributed by atoms with E-state index in [4.69, 9.17) is 0 Å². The number of alkyl halides is 3. The minimum atomic E-state index is -4.50. The lowest BCUT2D eigenvalue weighted by Crippen LogP contribution is -2.40. The van der Waals surface area contributed by atoms with Crippen LogP contribution in [0.1, 0.15) is 20.8 Å². The number of aromatic nitrogens is 2. The smallest absolute Gasteiger partial charge is 0.354 e. The molecule has 1 N–H and O–H groups in total. The first kappa shape index (κ1) is 16.9. The van der Waals surface area contributed by atoms with Gasteiger partial charge < -0.3 is 10.2 Å². The number of halogens is 3. The molecule has 0 bridgehead atoms. The van der Waals surface area contributed by atoms with Gasteiger partial charge in [-0.1, -0.05) is 0 Å². The van der Waals surface area contributed by atoms with Gasteiger partial charge in [-0.25, -0.2) is 4.98 Å². The highest BCUT2D eigenvalue weighted by Gasteiger charge is 2.35. The Balaban J connectivity index is 3.31. The Kier molecular flexibility index (Phi) is 5.28. The Morgan fingerprint density at radius 2 is 2.10 bits per heavy atom. The van der Waals surface area contributed by atoms with Crippen LogP contribution in [0.2, 0.25) is 0 Å². The van der Waals surface area contributed by atoms with E-state index in [-0.39, 0.29) is 11.8 Å². The molecule has 0 saturated heterocycles. The number of hydrogen-bond acceptors (Lipinski definition) is 6. The van der Waals surface area contributed by atoms with Crippen LogP contribution < -0.4 is 10.2 Å². The predicted octanol–water partition coefficient (Wildman–Crippen LogP) is 2.59. The molecule has 0 aliphatic rings. The van der Waals surface area contributed by atoms with Crippen LogP contribution >= 0.6 is 0 Å². The summed E-state index contributed by atoms with van der Waals surface area (Å²) in [6.45, 7) is 3.88. The van der Waals surface area contributed by atoms with Crippen LogP contribution in [0.4, 0.5) is 30.6 Å². The number of hydrogen-bond donors (Lipinski definition) is 1. The van der Waals surface area contributed by atoms with E-state index in [0.717, 1.165) is 11.1 Å². The number of anilines is 2. The molecule has 0 aliphatic carbocycles. The second-order valence-corrected chi connectivity index (χ2v) is 4.53. The molecular weight excluding hydrogens is 291 g/mol. The summed E-state index contributed by atoms with van der Waals surface area (Å²) in [6, 6.07) is -0.616. The van der Waals surface area contributed by atoms with Gasteiger partial charge in [-0.3, -0.25) is 10.1 Å². The number of nitrogens with zero attached hydrogens (tertiary/aromatic N) is 4. The molecule has 7 nitrogen and oxygen atoms in total. The van der Waals surface area contributed by atoms with Gasteiger partial charge in [0.2, 0.25) is 11.8 Å². The van der Waals surface area contributed by atoms with Crippen LogP contribution in [0.25, 0.3) is 0 Å². The van der Waals surface area contributed by atoms with Gasteiger partial charge in [0.1, 0.15) is 12.7 Å². The van der Waals surface area contributed by atoms with Gasteiger partial charge in [0.05, 0.1) is 4.92 Å². The van der Waals surface area contributed by atoms with E-state index in [1.165, 1.54) is 13.8 Å². The van der Waals surface area contributed by atoms with Crippen LogP contribution in [0.5, 0.6) is 0 Å². The predicted molar refractivity (Wildman–Crippen MR) is 71.4 cm³/mol. The first-order chi connectivity index (χ1) is 9.65.